The number of halogens is 2. The first-order chi connectivity index (χ1) is 6.86. The molecule has 0 aromatic heterocycles. The van der Waals surface area contributed by atoms with Crippen molar-refractivity contribution in [2.75, 3.05) is 24.5 Å². The second-order valence-electron chi connectivity index (χ2n) is 3.99. The van der Waals surface area contributed by atoms with Crippen LogP contribution in [-0.4, -0.2) is 25.7 Å². The van der Waals surface area contributed by atoms with E-state index in [9.17, 15) is 0 Å². The average molecular weight is 245 g/mol. The maximum absolute atomic E-state index is 6.16. The molecule has 2 nitrogen and oxygen atoms in total. The van der Waals surface area contributed by atoms with Crippen LogP contribution in [0.2, 0.25) is 5.02 Å². The summed E-state index contributed by atoms with van der Waals surface area (Å²) in [6.45, 7) is 3.36. The molecule has 0 saturated carbocycles. The Kier molecular flexibility index (Phi) is 3.10. The first-order valence-corrected chi connectivity index (χ1v) is 5.49. The largest absolute Gasteiger partial charge is 0.365 e. The summed E-state index contributed by atoms with van der Waals surface area (Å²) in [5.74, 6) is 0. The third-order valence-corrected chi connectivity index (χ3v) is 3.56. The quantitative estimate of drug-likeness (QED) is 0.815. The summed E-state index contributed by atoms with van der Waals surface area (Å²) < 4.78 is 0. The highest BCUT2D eigenvalue weighted by molar-refractivity contribution is 6.31. The lowest BCUT2D eigenvalue weighted by atomic mass is 10.1. The number of rotatable bonds is 1. The second kappa shape index (κ2) is 4.20. The Morgan fingerprint density at radius 3 is 2.80 bits per heavy atom. The number of nitrogens with one attached hydrogen (secondary N) is 1. The van der Waals surface area contributed by atoms with Gasteiger partial charge in [-0.05, 0) is 24.1 Å². The first kappa shape index (κ1) is 11.1. The molecular formula is C11H14Cl2N2. The summed E-state index contributed by atoms with van der Waals surface area (Å²) in [6.07, 6.45) is 1.10. The fraction of sp³-hybridized carbons (Fsp3) is 0.455. The smallest absolute Gasteiger partial charge is 0.0539 e. The van der Waals surface area contributed by atoms with E-state index in [-0.39, 0.29) is 12.4 Å². The van der Waals surface area contributed by atoms with Crippen LogP contribution in [0.4, 0.5) is 5.69 Å². The van der Waals surface area contributed by atoms with Gasteiger partial charge in [0.15, 0.2) is 0 Å². The zero-order chi connectivity index (χ0) is 9.54. The summed E-state index contributed by atoms with van der Waals surface area (Å²) in [4.78, 5) is 2.48. The molecule has 15 heavy (non-hydrogen) atoms. The molecule has 82 valence electrons. The van der Waals surface area contributed by atoms with Crippen molar-refractivity contribution >= 4 is 29.7 Å². The predicted molar refractivity (Wildman–Crippen MR) is 66.4 cm³/mol. The Labute approximate surface area is 101 Å². The van der Waals surface area contributed by atoms with Crippen LogP contribution in [0.3, 0.4) is 0 Å². The molecule has 1 aromatic carbocycles. The molecule has 0 radical (unpaired) electrons. The molecule has 2 aliphatic heterocycles. The van der Waals surface area contributed by atoms with Crippen molar-refractivity contribution in [1.29, 1.82) is 0 Å². The fourth-order valence-electron chi connectivity index (χ4n) is 2.29. The van der Waals surface area contributed by atoms with Crippen molar-refractivity contribution in [2.45, 2.75) is 12.5 Å². The summed E-state index contributed by atoms with van der Waals surface area (Å²) >= 11 is 6.16. The van der Waals surface area contributed by atoms with Crippen molar-refractivity contribution in [1.82, 2.24) is 5.32 Å². The molecule has 1 saturated heterocycles. The van der Waals surface area contributed by atoms with E-state index in [1.54, 1.807) is 0 Å². The molecule has 4 heteroatoms. The summed E-state index contributed by atoms with van der Waals surface area (Å²) in [5.41, 5.74) is 2.69. The molecule has 1 fully saturated rings. The molecule has 0 atom stereocenters. The molecule has 0 amide bonds. The molecule has 0 unspecified atom stereocenters. The van der Waals surface area contributed by atoms with Gasteiger partial charge >= 0.3 is 0 Å². The van der Waals surface area contributed by atoms with Crippen LogP contribution >= 0.6 is 24.0 Å². The highest BCUT2D eigenvalue weighted by atomic mass is 35.5. The molecule has 3 rings (SSSR count). The highest BCUT2D eigenvalue weighted by Gasteiger charge is 2.30. The van der Waals surface area contributed by atoms with Crippen molar-refractivity contribution in [3.05, 3.63) is 28.8 Å². The summed E-state index contributed by atoms with van der Waals surface area (Å²) in [7, 11) is 0. The molecule has 0 spiro atoms. The van der Waals surface area contributed by atoms with Gasteiger partial charge in [0.2, 0.25) is 0 Å². The Bertz CT molecular complexity index is 364. The first-order valence-electron chi connectivity index (χ1n) is 5.11. The maximum atomic E-state index is 6.16. The number of nitrogens with zero attached hydrogens (tertiary/aromatic N) is 1. The van der Waals surface area contributed by atoms with E-state index in [4.69, 9.17) is 11.6 Å². The zero-order valence-electron chi connectivity index (χ0n) is 8.37. The van der Waals surface area contributed by atoms with Crippen LogP contribution in [0.25, 0.3) is 0 Å². The highest BCUT2D eigenvalue weighted by Crippen LogP contribution is 2.34. The summed E-state index contributed by atoms with van der Waals surface area (Å²) in [5, 5.41) is 4.24. The lowest BCUT2D eigenvalue weighted by molar-refractivity contribution is 0.420. The Morgan fingerprint density at radius 2 is 2.13 bits per heavy atom. The van der Waals surface area contributed by atoms with Gasteiger partial charge in [0.05, 0.1) is 6.04 Å². The van der Waals surface area contributed by atoms with E-state index >= 15 is 0 Å². The Morgan fingerprint density at radius 1 is 1.33 bits per heavy atom. The minimum atomic E-state index is 0. The van der Waals surface area contributed by atoms with Crippen LogP contribution in [0.5, 0.6) is 0 Å². The van der Waals surface area contributed by atoms with Crippen LogP contribution < -0.4 is 10.2 Å². The molecule has 1 N–H and O–H groups in total. The van der Waals surface area contributed by atoms with Gasteiger partial charge in [-0.1, -0.05) is 17.7 Å². The van der Waals surface area contributed by atoms with Gasteiger partial charge in [-0.15, -0.1) is 12.4 Å². The molecule has 2 heterocycles. The standard InChI is InChI=1S/C11H13ClN2.ClH/c12-10-2-1-3-11-9(10)4-5-14(11)8-6-13-7-8;/h1-3,8,13H,4-7H2;1H. The topological polar surface area (TPSA) is 15.3 Å². The second-order valence-corrected chi connectivity index (χ2v) is 4.40. The predicted octanol–water partition coefficient (Wildman–Crippen LogP) is 2.10. The van der Waals surface area contributed by atoms with Gasteiger partial charge in [0.25, 0.3) is 0 Å². The van der Waals surface area contributed by atoms with Crippen molar-refractivity contribution in [2.24, 2.45) is 0 Å². The number of hydrogen-bond acceptors (Lipinski definition) is 2. The average Bonchev–Trinajstić information content (AvgIpc) is 2.48. The van der Waals surface area contributed by atoms with Crippen molar-refractivity contribution < 1.29 is 0 Å². The van der Waals surface area contributed by atoms with Crippen LogP contribution in [0, 0.1) is 0 Å². The zero-order valence-corrected chi connectivity index (χ0v) is 9.94. The van der Waals surface area contributed by atoms with E-state index in [0.717, 1.165) is 31.1 Å². The molecule has 0 bridgehead atoms. The minimum Gasteiger partial charge on any atom is -0.365 e. The number of benzene rings is 1. The number of anilines is 1. The van der Waals surface area contributed by atoms with Crippen molar-refractivity contribution in [3.63, 3.8) is 0 Å². The molecule has 1 aromatic rings. The van der Waals surface area contributed by atoms with Gasteiger partial charge in [-0.3, -0.25) is 0 Å². The van der Waals surface area contributed by atoms with E-state index in [2.05, 4.69) is 16.3 Å². The van der Waals surface area contributed by atoms with Gasteiger partial charge in [-0.25, -0.2) is 0 Å². The third kappa shape index (κ3) is 1.71. The number of fused-ring (bicyclic) bond motifs is 1. The van der Waals surface area contributed by atoms with Crippen molar-refractivity contribution in [3.8, 4) is 0 Å². The fourth-order valence-corrected chi connectivity index (χ4v) is 2.55. The lowest BCUT2D eigenvalue weighted by Crippen LogP contribution is -2.56. The molecule has 2 aliphatic rings. The Hall–Kier alpha value is -0.440. The lowest BCUT2D eigenvalue weighted by Gasteiger charge is -2.37. The molecule has 0 aliphatic carbocycles. The van der Waals surface area contributed by atoms with Crippen LogP contribution in [0.1, 0.15) is 5.56 Å². The van der Waals surface area contributed by atoms with Gasteiger partial charge < -0.3 is 10.2 Å². The monoisotopic (exact) mass is 244 g/mol. The third-order valence-electron chi connectivity index (χ3n) is 3.21. The maximum Gasteiger partial charge on any atom is 0.0539 e. The molecular weight excluding hydrogens is 231 g/mol. The van der Waals surface area contributed by atoms with E-state index < -0.39 is 0 Å². The van der Waals surface area contributed by atoms with E-state index in [1.165, 1.54) is 11.3 Å². The number of hydrogen-bond donors (Lipinski definition) is 1. The van der Waals surface area contributed by atoms with Gasteiger partial charge in [-0.2, -0.15) is 0 Å². The normalized spacial score (nSPS) is 19.4. The van der Waals surface area contributed by atoms with Crippen LogP contribution in [0.15, 0.2) is 18.2 Å². The van der Waals surface area contributed by atoms with E-state index in [1.807, 2.05) is 12.1 Å². The summed E-state index contributed by atoms with van der Waals surface area (Å²) in [6, 6.07) is 6.91. The Balaban J connectivity index is 0.000000853. The van der Waals surface area contributed by atoms with Gasteiger partial charge in [0, 0.05) is 30.3 Å². The van der Waals surface area contributed by atoms with Gasteiger partial charge in [0.1, 0.15) is 0 Å². The minimum absolute atomic E-state index is 0. The van der Waals surface area contributed by atoms with Crippen LogP contribution in [-0.2, 0) is 6.42 Å². The van der Waals surface area contributed by atoms with E-state index in [0.29, 0.717) is 6.04 Å². The SMILES string of the molecule is Cl.Clc1cccc2c1CCN2C1CNC1.